The van der Waals surface area contributed by atoms with Gasteiger partial charge in [-0.25, -0.2) is 12.8 Å². The van der Waals surface area contributed by atoms with Crippen LogP contribution in [0.25, 0.3) is 0 Å². The summed E-state index contributed by atoms with van der Waals surface area (Å²) < 4.78 is 48.7. The quantitative estimate of drug-likeness (QED) is 0.269. The number of rotatable bonds is 13. The number of ether oxygens (including phenoxy) is 1. The molecule has 0 heterocycles. The molecule has 8 nitrogen and oxygen atoms in total. The van der Waals surface area contributed by atoms with Gasteiger partial charge in [0, 0.05) is 17.6 Å². The van der Waals surface area contributed by atoms with Crippen molar-refractivity contribution in [2.24, 2.45) is 5.92 Å². The minimum absolute atomic E-state index is 0.0692. The van der Waals surface area contributed by atoms with E-state index in [1.165, 1.54) is 41.3 Å². The van der Waals surface area contributed by atoms with Crippen LogP contribution in [0.3, 0.4) is 0 Å². The summed E-state index contributed by atoms with van der Waals surface area (Å²) in [5.41, 5.74) is 0.863. The lowest BCUT2D eigenvalue weighted by Crippen LogP contribution is -2.51. The van der Waals surface area contributed by atoms with Gasteiger partial charge < -0.3 is 15.0 Å². The molecule has 0 saturated heterocycles. The first-order valence-electron chi connectivity index (χ1n) is 13.2. The third-order valence-electron chi connectivity index (χ3n) is 6.23. The fourth-order valence-corrected chi connectivity index (χ4v) is 5.64. The molecule has 3 aromatic carbocycles. The van der Waals surface area contributed by atoms with E-state index >= 15 is 0 Å². The third kappa shape index (κ3) is 8.77. The van der Waals surface area contributed by atoms with Crippen molar-refractivity contribution in [3.8, 4) is 5.75 Å². The Balaban J connectivity index is 1.99. The van der Waals surface area contributed by atoms with Gasteiger partial charge in [-0.2, -0.15) is 0 Å². The van der Waals surface area contributed by atoms with E-state index in [9.17, 15) is 22.4 Å². The highest BCUT2D eigenvalue weighted by Gasteiger charge is 2.32. The minimum Gasteiger partial charge on any atom is -0.494 e. The number of hydrogen-bond acceptors (Lipinski definition) is 5. The fourth-order valence-electron chi connectivity index (χ4n) is 3.96. The Morgan fingerprint density at radius 2 is 1.56 bits per heavy atom. The zero-order valence-electron chi connectivity index (χ0n) is 23.5. The molecule has 1 atom stereocenters. The molecule has 0 unspecified atom stereocenters. The molecule has 0 aromatic heterocycles. The normalized spacial score (nSPS) is 12.1. The molecule has 41 heavy (non-hydrogen) atoms. The molecule has 0 spiro atoms. The average molecular weight is 649 g/mol. The van der Waals surface area contributed by atoms with Gasteiger partial charge in [0.05, 0.1) is 17.2 Å². The van der Waals surface area contributed by atoms with E-state index < -0.39 is 34.3 Å². The van der Waals surface area contributed by atoms with Gasteiger partial charge in [-0.1, -0.05) is 41.9 Å². The largest absolute Gasteiger partial charge is 0.494 e. The Labute approximate surface area is 249 Å². The topological polar surface area (TPSA) is 96.0 Å². The van der Waals surface area contributed by atoms with E-state index in [1.807, 2.05) is 45.0 Å². The van der Waals surface area contributed by atoms with E-state index in [1.54, 1.807) is 6.92 Å². The molecule has 3 rings (SSSR count). The van der Waals surface area contributed by atoms with Crippen molar-refractivity contribution >= 4 is 43.5 Å². The molecular weight excluding hydrogens is 613 g/mol. The van der Waals surface area contributed by atoms with Crippen molar-refractivity contribution in [3.63, 3.8) is 0 Å². The number of nitrogens with one attached hydrogen (secondary N) is 1. The zero-order valence-corrected chi connectivity index (χ0v) is 25.9. The molecule has 0 aliphatic rings. The SMILES string of the molecule is CCOc1ccc(S(=O)(=O)N(CC(=O)N(Cc2ccc(Br)cc2)[C@@H](C)C(=O)NCC(C)C)c2ccc(F)cc2)cc1. The summed E-state index contributed by atoms with van der Waals surface area (Å²) in [5.74, 6) is -0.801. The summed E-state index contributed by atoms with van der Waals surface area (Å²) in [7, 11) is -4.27. The summed E-state index contributed by atoms with van der Waals surface area (Å²) in [6.07, 6.45) is 0. The molecule has 0 radical (unpaired) electrons. The molecule has 0 bridgehead atoms. The predicted octanol–water partition coefficient (Wildman–Crippen LogP) is 5.37. The van der Waals surface area contributed by atoms with Gasteiger partial charge in [0.15, 0.2) is 0 Å². The lowest BCUT2D eigenvalue weighted by Gasteiger charge is -2.32. The van der Waals surface area contributed by atoms with Crippen molar-refractivity contribution in [1.82, 2.24) is 10.2 Å². The van der Waals surface area contributed by atoms with Gasteiger partial charge in [-0.3, -0.25) is 13.9 Å². The molecule has 0 fully saturated rings. The molecule has 0 aliphatic carbocycles. The maximum absolute atomic E-state index is 13.9. The number of carbonyl (C=O) groups is 2. The highest BCUT2D eigenvalue weighted by molar-refractivity contribution is 9.10. The van der Waals surface area contributed by atoms with Gasteiger partial charge in [0.1, 0.15) is 24.2 Å². The van der Waals surface area contributed by atoms with Crippen LogP contribution in [0, 0.1) is 11.7 Å². The molecule has 2 amide bonds. The number of benzene rings is 3. The number of hydrogen-bond donors (Lipinski definition) is 1. The van der Waals surface area contributed by atoms with E-state index in [2.05, 4.69) is 21.2 Å². The first kappa shape index (κ1) is 32.1. The third-order valence-corrected chi connectivity index (χ3v) is 8.55. The first-order valence-corrected chi connectivity index (χ1v) is 15.5. The Bertz CT molecular complexity index is 1420. The summed E-state index contributed by atoms with van der Waals surface area (Å²) >= 11 is 3.39. The Morgan fingerprint density at radius 1 is 0.951 bits per heavy atom. The summed E-state index contributed by atoms with van der Waals surface area (Å²) in [5, 5.41) is 2.85. The molecular formula is C30H35BrFN3O5S. The highest BCUT2D eigenvalue weighted by atomic mass is 79.9. The Morgan fingerprint density at radius 3 is 2.12 bits per heavy atom. The highest BCUT2D eigenvalue weighted by Crippen LogP contribution is 2.26. The van der Waals surface area contributed by atoms with Crippen LogP contribution in [-0.4, -0.2) is 50.9 Å². The molecule has 1 N–H and O–H groups in total. The van der Waals surface area contributed by atoms with E-state index in [-0.39, 0.29) is 29.0 Å². The lowest BCUT2D eigenvalue weighted by molar-refractivity contribution is -0.139. The van der Waals surface area contributed by atoms with Crippen molar-refractivity contribution in [2.75, 3.05) is 24.0 Å². The summed E-state index contributed by atoms with van der Waals surface area (Å²) in [6, 6.07) is 17.1. The second kappa shape index (κ2) is 14.5. The van der Waals surface area contributed by atoms with E-state index in [0.29, 0.717) is 18.9 Å². The zero-order chi connectivity index (χ0) is 30.2. The average Bonchev–Trinajstić information content (AvgIpc) is 2.94. The molecule has 0 aliphatic heterocycles. The van der Waals surface area contributed by atoms with Crippen LogP contribution >= 0.6 is 15.9 Å². The van der Waals surface area contributed by atoms with Crippen LogP contribution in [0.15, 0.2) is 82.2 Å². The van der Waals surface area contributed by atoms with Crippen molar-refractivity contribution in [2.45, 2.75) is 45.2 Å². The monoisotopic (exact) mass is 647 g/mol. The maximum atomic E-state index is 13.9. The minimum atomic E-state index is -4.27. The molecule has 11 heteroatoms. The van der Waals surface area contributed by atoms with Gasteiger partial charge in [0.25, 0.3) is 10.0 Å². The predicted molar refractivity (Wildman–Crippen MR) is 161 cm³/mol. The summed E-state index contributed by atoms with van der Waals surface area (Å²) in [6.45, 7) is 7.65. The van der Waals surface area contributed by atoms with E-state index in [0.717, 1.165) is 26.5 Å². The number of amides is 2. The van der Waals surface area contributed by atoms with Crippen LogP contribution in [0.2, 0.25) is 0 Å². The van der Waals surface area contributed by atoms with Crippen LogP contribution in [-0.2, 0) is 26.2 Å². The number of carbonyl (C=O) groups excluding carboxylic acids is 2. The van der Waals surface area contributed by atoms with Crippen LogP contribution in [0.5, 0.6) is 5.75 Å². The fraction of sp³-hybridized carbons (Fsp3) is 0.333. The standard InChI is InChI=1S/C30H35BrFN3O5S/c1-5-40-27-14-16-28(17-15-27)41(38,39)35(26-12-10-25(32)11-13-26)20-29(36)34(19-23-6-8-24(31)9-7-23)22(4)30(37)33-18-21(2)3/h6-17,21-22H,5,18-20H2,1-4H3,(H,33,37)/t22-/m0/s1. The van der Waals surface area contributed by atoms with Crippen molar-refractivity contribution < 1.29 is 27.1 Å². The second-order valence-electron chi connectivity index (χ2n) is 9.86. The molecule has 220 valence electrons. The van der Waals surface area contributed by atoms with Crippen molar-refractivity contribution in [3.05, 3.63) is 88.6 Å². The van der Waals surface area contributed by atoms with Gasteiger partial charge in [0.2, 0.25) is 11.8 Å². The van der Waals surface area contributed by atoms with Gasteiger partial charge in [-0.05, 0) is 86.0 Å². The van der Waals surface area contributed by atoms with Crippen molar-refractivity contribution in [1.29, 1.82) is 0 Å². The molecule has 3 aromatic rings. The smallest absolute Gasteiger partial charge is 0.264 e. The number of sulfonamides is 1. The number of anilines is 1. The molecule has 0 saturated carbocycles. The van der Waals surface area contributed by atoms with Crippen LogP contribution in [0.1, 0.15) is 33.3 Å². The Hall–Kier alpha value is -3.44. The number of halogens is 2. The van der Waals surface area contributed by atoms with Gasteiger partial charge in [-0.15, -0.1) is 0 Å². The number of nitrogens with zero attached hydrogens (tertiary/aromatic N) is 2. The van der Waals surface area contributed by atoms with Gasteiger partial charge >= 0.3 is 0 Å². The van der Waals surface area contributed by atoms with E-state index in [4.69, 9.17) is 4.74 Å². The second-order valence-corrected chi connectivity index (χ2v) is 12.6. The Kier molecular flexibility index (Phi) is 11.3. The van der Waals surface area contributed by atoms with Crippen LogP contribution in [0.4, 0.5) is 10.1 Å². The first-order chi connectivity index (χ1) is 19.4. The maximum Gasteiger partial charge on any atom is 0.264 e. The summed E-state index contributed by atoms with van der Waals surface area (Å²) in [4.78, 5) is 28.2. The lowest BCUT2D eigenvalue weighted by atomic mass is 10.1. The van der Waals surface area contributed by atoms with Crippen LogP contribution < -0.4 is 14.4 Å².